The van der Waals surface area contributed by atoms with E-state index in [2.05, 4.69) is 0 Å². The zero-order valence-electron chi connectivity index (χ0n) is 9.52. The first-order valence-electron chi connectivity index (χ1n) is 5.58. The van der Waals surface area contributed by atoms with Crippen LogP contribution in [0.15, 0.2) is 0 Å². The van der Waals surface area contributed by atoms with E-state index < -0.39 is 10.0 Å². The van der Waals surface area contributed by atoms with Crippen LogP contribution in [0, 0.1) is 5.92 Å². The molecule has 1 unspecified atom stereocenters. The molecule has 1 aliphatic heterocycles. The van der Waals surface area contributed by atoms with Crippen LogP contribution < -0.4 is 0 Å². The van der Waals surface area contributed by atoms with Crippen molar-refractivity contribution < 1.29 is 13.5 Å². The van der Waals surface area contributed by atoms with Crippen molar-refractivity contribution in [3.8, 4) is 0 Å². The third-order valence-electron chi connectivity index (χ3n) is 2.97. The topological polar surface area (TPSA) is 57.6 Å². The van der Waals surface area contributed by atoms with E-state index in [-0.39, 0.29) is 11.9 Å². The van der Waals surface area contributed by atoms with Crippen molar-refractivity contribution >= 4 is 10.0 Å². The molecule has 5 heteroatoms. The lowest BCUT2D eigenvalue weighted by atomic mass is 9.97. The summed E-state index contributed by atoms with van der Waals surface area (Å²) in [5.74, 6) is 0.331. The van der Waals surface area contributed by atoms with E-state index in [1.807, 2.05) is 0 Å². The molecule has 0 bridgehead atoms. The van der Waals surface area contributed by atoms with Crippen molar-refractivity contribution in [3.63, 3.8) is 0 Å². The van der Waals surface area contributed by atoms with Crippen molar-refractivity contribution in [1.29, 1.82) is 0 Å². The van der Waals surface area contributed by atoms with E-state index >= 15 is 0 Å². The molecule has 0 aromatic heterocycles. The Bertz CT molecular complexity index is 285. The van der Waals surface area contributed by atoms with Crippen LogP contribution in [-0.4, -0.2) is 42.8 Å². The molecule has 1 atom stereocenters. The van der Waals surface area contributed by atoms with E-state index in [0.29, 0.717) is 25.4 Å². The number of nitrogens with zero attached hydrogens (tertiary/aromatic N) is 1. The first-order chi connectivity index (χ1) is 6.98. The highest BCUT2D eigenvalue weighted by Gasteiger charge is 2.30. The molecule has 1 aliphatic rings. The highest BCUT2D eigenvalue weighted by molar-refractivity contribution is 7.89. The van der Waals surface area contributed by atoms with Gasteiger partial charge in [0.1, 0.15) is 0 Å². The van der Waals surface area contributed by atoms with Gasteiger partial charge in [0.25, 0.3) is 0 Å². The van der Waals surface area contributed by atoms with Crippen LogP contribution in [-0.2, 0) is 10.0 Å². The van der Waals surface area contributed by atoms with Crippen LogP contribution in [0.4, 0.5) is 0 Å². The summed E-state index contributed by atoms with van der Waals surface area (Å²) in [4.78, 5) is 0. The summed E-state index contributed by atoms with van der Waals surface area (Å²) in [6.07, 6.45) is 2.66. The van der Waals surface area contributed by atoms with Gasteiger partial charge < -0.3 is 5.11 Å². The third-order valence-corrected chi connectivity index (χ3v) is 5.22. The number of piperidine rings is 1. The Morgan fingerprint density at radius 3 is 2.67 bits per heavy atom. The van der Waals surface area contributed by atoms with Crippen LogP contribution in [0.3, 0.4) is 0 Å². The number of aliphatic hydroxyl groups is 1. The van der Waals surface area contributed by atoms with E-state index in [4.69, 9.17) is 5.11 Å². The fourth-order valence-electron chi connectivity index (χ4n) is 1.97. The molecular weight excluding hydrogens is 214 g/mol. The molecule has 0 aromatic carbocycles. The molecule has 0 spiro atoms. The largest absolute Gasteiger partial charge is 0.396 e. The third kappa shape index (κ3) is 3.16. The zero-order chi connectivity index (χ0) is 11.5. The SMILES string of the molecule is CC(C)S(=O)(=O)N1CCCC(CCO)C1. The molecule has 0 aliphatic carbocycles. The fraction of sp³-hybridized carbons (Fsp3) is 1.00. The lowest BCUT2D eigenvalue weighted by molar-refractivity contribution is 0.202. The van der Waals surface area contributed by atoms with E-state index in [1.165, 1.54) is 0 Å². The smallest absolute Gasteiger partial charge is 0.216 e. The molecule has 0 saturated carbocycles. The Morgan fingerprint density at radius 2 is 2.13 bits per heavy atom. The van der Waals surface area contributed by atoms with Gasteiger partial charge in [-0.25, -0.2) is 12.7 Å². The standard InChI is InChI=1S/C10H21NO3S/c1-9(2)15(13,14)11-6-3-4-10(8-11)5-7-12/h9-10,12H,3-8H2,1-2H3. The van der Waals surface area contributed by atoms with Gasteiger partial charge in [-0.05, 0) is 39.0 Å². The Hall–Kier alpha value is -0.130. The lowest BCUT2D eigenvalue weighted by Gasteiger charge is -2.32. The van der Waals surface area contributed by atoms with Gasteiger partial charge >= 0.3 is 0 Å². The van der Waals surface area contributed by atoms with Crippen molar-refractivity contribution in [1.82, 2.24) is 4.31 Å². The quantitative estimate of drug-likeness (QED) is 0.785. The predicted molar refractivity (Wildman–Crippen MR) is 60.1 cm³/mol. The first kappa shape index (κ1) is 12.9. The van der Waals surface area contributed by atoms with Gasteiger partial charge in [0, 0.05) is 19.7 Å². The van der Waals surface area contributed by atoms with E-state index in [0.717, 1.165) is 12.8 Å². The molecule has 1 saturated heterocycles. The molecular formula is C10H21NO3S. The van der Waals surface area contributed by atoms with Crippen molar-refractivity contribution in [3.05, 3.63) is 0 Å². The number of rotatable bonds is 4. The fourth-order valence-corrected chi connectivity index (χ4v) is 3.37. The van der Waals surface area contributed by atoms with E-state index in [1.54, 1.807) is 18.2 Å². The molecule has 0 radical (unpaired) electrons. The number of aliphatic hydroxyl groups excluding tert-OH is 1. The normalized spacial score (nSPS) is 24.7. The highest BCUT2D eigenvalue weighted by atomic mass is 32.2. The maximum Gasteiger partial charge on any atom is 0.216 e. The Kier molecular flexibility index (Phi) is 4.55. The van der Waals surface area contributed by atoms with Crippen molar-refractivity contribution in [2.45, 2.75) is 38.4 Å². The van der Waals surface area contributed by atoms with Gasteiger partial charge in [0.05, 0.1) is 5.25 Å². The Balaban J connectivity index is 2.64. The Labute approximate surface area is 92.3 Å². The summed E-state index contributed by atoms with van der Waals surface area (Å²) in [7, 11) is -3.10. The summed E-state index contributed by atoms with van der Waals surface area (Å²) in [6.45, 7) is 4.81. The van der Waals surface area contributed by atoms with Crippen LogP contribution in [0.25, 0.3) is 0 Å². The monoisotopic (exact) mass is 235 g/mol. The minimum absolute atomic E-state index is 0.153. The molecule has 90 valence electrons. The maximum absolute atomic E-state index is 11.9. The Morgan fingerprint density at radius 1 is 1.47 bits per heavy atom. The average Bonchev–Trinajstić information content (AvgIpc) is 2.18. The van der Waals surface area contributed by atoms with Crippen LogP contribution >= 0.6 is 0 Å². The summed E-state index contributed by atoms with van der Waals surface area (Å²) < 4.78 is 25.4. The van der Waals surface area contributed by atoms with Gasteiger partial charge in [-0.2, -0.15) is 0 Å². The zero-order valence-corrected chi connectivity index (χ0v) is 10.3. The van der Waals surface area contributed by atoms with Gasteiger partial charge in [-0.1, -0.05) is 0 Å². The molecule has 1 fully saturated rings. The maximum atomic E-state index is 11.9. The molecule has 0 amide bonds. The summed E-state index contributed by atoms with van der Waals surface area (Å²) >= 11 is 0. The van der Waals surface area contributed by atoms with Crippen molar-refractivity contribution in [2.24, 2.45) is 5.92 Å². The van der Waals surface area contributed by atoms with Gasteiger partial charge in [-0.15, -0.1) is 0 Å². The summed E-state index contributed by atoms with van der Waals surface area (Å²) in [5, 5.41) is 8.51. The first-order valence-corrected chi connectivity index (χ1v) is 7.08. The minimum Gasteiger partial charge on any atom is -0.396 e. The molecule has 4 nitrogen and oxygen atoms in total. The molecule has 1 rings (SSSR count). The molecule has 1 heterocycles. The highest BCUT2D eigenvalue weighted by Crippen LogP contribution is 2.23. The van der Waals surface area contributed by atoms with Gasteiger partial charge in [0.2, 0.25) is 10.0 Å². The second kappa shape index (κ2) is 5.27. The average molecular weight is 235 g/mol. The minimum atomic E-state index is -3.10. The second-order valence-corrected chi connectivity index (χ2v) is 6.96. The summed E-state index contributed by atoms with van der Waals surface area (Å²) in [6, 6.07) is 0. The van der Waals surface area contributed by atoms with Crippen LogP contribution in [0.5, 0.6) is 0 Å². The van der Waals surface area contributed by atoms with E-state index in [9.17, 15) is 8.42 Å². The molecule has 15 heavy (non-hydrogen) atoms. The predicted octanol–water partition coefficient (Wildman–Crippen LogP) is 0.819. The number of hydrogen-bond donors (Lipinski definition) is 1. The molecule has 1 N–H and O–H groups in total. The van der Waals surface area contributed by atoms with Gasteiger partial charge in [0.15, 0.2) is 0 Å². The summed E-state index contributed by atoms with van der Waals surface area (Å²) in [5.41, 5.74) is 0. The molecule has 0 aromatic rings. The lowest BCUT2D eigenvalue weighted by Crippen LogP contribution is -2.43. The second-order valence-electron chi connectivity index (χ2n) is 4.47. The van der Waals surface area contributed by atoms with Crippen LogP contribution in [0.2, 0.25) is 0 Å². The number of hydrogen-bond acceptors (Lipinski definition) is 3. The van der Waals surface area contributed by atoms with Gasteiger partial charge in [-0.3, -0.25) is 0 Å². The van der Waals surface area contributed by atoms with Crippen LogP contribution in [0.1, 0.15) is 33.1 Å². The number of sulfonamides is 1. The van der Waals surface area contributed by atoms with Crippen molar-refractivity contribution in [2.75, 3.05) is 19.7 Å².